The highest BCUT2D eigenvalue weighted by molar-refractivity contribution is 6.35. The second kappa shape index (κ2) is 10.7. The molecule has 0 aliphatic carbocycles. The normalized spacial score (nSPS) is 12.2. The molecule has 9 heteroatoms. The minimum Gasteiger partial charge on any atom is -0.396 e. The number of hydrogen-bond donors (Lipinski definition) is 3. The minimum absolute atomic E-state index is 0.0315. The van der Waals surface area contributed by atoms with Gasteiger partial charge < -0.3 is 15.7 Å². The van der Waals surface area contributed by atoms with Crippen LogP contribution in [0.1, 0.15) is 48.8 Å². The fraction of sp³-hybridized carbons (Fsp3) is 0.360. The van der Waals surface area contributed by atoms with Crippen molar-refractivity contribution in [2.45, 2.75) is 39.8 Å². The number of para-hydroxylation sites is 1. The average Bonchev–Trinajstić information content (AvgIpc) is 3.17. The summed E-state index contributed by atoms with van der Waals surface area (Å²) in [5, 5.41) is 29.2. The van der Waals surface area contributed by atoms with Gasteiger partial charge in [0.05, 0.1) is 28.7 Å². The molecule has 1 aromatic heterocycles. The van der Waals surface area contributed by atoms with E-state index >= 15 is 0 Å². The van der Waals surface area contributed by atoms with Crippen LogP contribution < -0.4 is 10.6 Å². The molecule has 8 nitrogen and oxygen atoms in total. The lowest BCUT2D eigenvalue weighted by atomic mass is 9.86. The van der Waals surface area contributed by atoms with Crippen molar-refractivity contribution in [2.24, 2.45) is 5.41 Å². The van der Waals surface area contributed by atoms with Crippen LogP contribution in [0.5, 0.6) is 0 Å². The van der Waals surface area contributed by atoms with Crippen LogP contribution in [0.2, 0.25) is 5.02 Å². The van der Waals surface area contributed by atoms with Crippen LogP contribution in [-0.4, -0.2) is 45.9 Å². The molecule has 0 aliphatic heterocycles. The first-order valence-electron chi connectivity index (χ1n) is 11.0. The van der Waals surface area contributed by atoms with E-state index < -0.39 is 17.4 Å². The molecule has 34 heavy (non-hydrogen) atoms. The summed E-state index contributed by atoms with van der Waals surface area (Å²) >= 11 is 6.47. The molecule has 3 aromatic rings. The molecule has 2 amide bonds. The van der Waals surface area contributed by atoms with E-state index in [1.807, 2.05) is 32.9 Å². The summed E-state index contributed by atoms with van der Waals surface area (Å²) in [6.45, 7) is 6.22. The van der Waals surface area contributed by atoms with Gasteiger partial charge in [0, 0.05) is 18.5 Å². The van der Waals surface area contributed by atoms with E-state index in [1.165, 1.54) is 0 Å². The zero-order chi connectivity index (χ0) is 24.9. The van der Waals surface area contributed by atoms with Gasteiger partial charge in [-0.1, -0.05) is 56.6 Å². The maximum absolute atomic E-state index is 13.3. The summed E-state index contributed by atoms with van der Waals surface area (Å²) in [5.74, 6) is -0.809. The van der Waals surface area contributed by atoms with E-state index in [9.17, 15) is 9.59 Å². The van der Waals surface area contributed by atoms with Crippen LogP contribution >= 0.6 is 11.6 Å². The number of halogens is 1. The predicted molar refractivity (Wildman–Crippen MR) is 130 cm³/mol. The molecule has 0 spiro atoms. The monoisotopic (exact) mass is 481 g/mol. The number of nitrogens with one attached hydrogen (secondary N) is 2. The van der Waals surface area contributed by atoms with Gasteiger partial charge in [-0.05, 0) is 35.6 Å². The van der Waals surface area contributed by atoms with E-state index in [1.54, 1.807) is 35.0 Å². The fourth-order valence-corrected chi connectivity index (χ4v) is 3.87. The summed E-state index contributed by atoms with van der Waals surface area (Å²) < 4.78 is 1.65. The Morgan fingerprint density at radius 1 is 1.21 bits per heavy atom. The summed E-state index contributed by atoms with van der Waals surface area (Å²) in [5.41, 5.74) is 1.67. The van der Waals surface area contributed by atoms with E-state index in [0.29, 0.717) is 41.0 Å². The fourth-order valence-electron chi connectivity index (χ4n) is 3.60. The van der Waals surface area contributed by atoms with Gasteiger partial charge in [0.15, 0.2) is 5.69 Å². The van der Waals surface area contributed by atoms with E-state index in [0.717, 1.165) is 5.56 Å². The molecular weight excluding hydrogens is 454 g/mol. The van der Waals surface area contributed by atoms with Gasteiger partial charge >= 0.3 is 0 Å². The summed E-state index contributed by atoms with van der Waals surface area (Å²) in [4.78, 5) is 26.1. The van der Waals surface area contributed by atoms with Gasteiger partial charge in [0.1, 0.15) is 6.04 Å². The largest absolute Gasteiger partial charge is 0.396 e. The third kappa shape index (κ3) is 5.74. The quantitative estimate of drug-likeness (QED) is 0.426. The molecule has 0 saturated heterocycles. The Kier molecular flexibility index (Phi) is 7.92. The molecule has 0 bridgehead atoms. The number of benzene rings is 2. The molecule has 3 rings (SSSR count). The Morgan fingerprint density at radius 3 is 2.53 bits per heavy atom. The number of fused-ring (bicyclic) bond motifs is 1. The molecule has 1 atom stereocenters. The van der Waals surface area contributed by atoms with Gasteiger partial charge in [0.2, 0.25) is 5.91 Å². The second-order valence-corrected chi connectivity index (χ2v) is 9.50. The zero-order valence-electron chi connectivity index (χ0n) is 19.4. The standard InChI is InChI=1S/C25H28ClN5O3/c1-25(2,3)22(24(34)28-12-5-13-32)29-23(33)20-18-6-4-7-19(26)21(18)31(30-20)15-17-10-8-16(14-27)9-11-17/h4,6-11,22,32H,5,12-13,15H2,1-3H3,(H,28,34)(H,29,33). The Bertz CT molecular complexity index is 1220. The highest BCUT2D eigenvalue weighted by Crippen LogP contribution is 2.28. The molecular formula is C25H28ClN5O3. The first-order valence-corrected chi connectivity index (χ1v) is 11.4. The maximum atomic E-state index is 13.3. The number of nitrogens with zero attached hydrogens (tertiary/aromatic N) is 3. The van der Waals surface area contributed by atoms with Gasteiger partial charge in [-0.15, -0.1) is 0 Å². The van der Waals surface area contributed by atoms with Crippen molar-refractivity contribution in [3.63, 3.8) is 0 Å². The number of carbonyl (C=O) groups is 2. The number of aliphatic hydroxyl groups excluding tert-OH is 1. The van der Waals surface area contributed by atoms with Crippen molar-refractivity contribution in [1.29, 1.82) is 5.26 Å². The topological polar surface area (TPSA) is 120 Å². The second-order valence-electron chi connectivity index (χ2n) is 9.09. The lowest BCUT2D eigenvalue weighted by Gasteiger charge is -2.30. The zero-order valence-corrected chi connectivity index (χ0v) is 20.2. The molecule has 2 aromatic carbocycles. The smallest absolute Gasteiger partial charge is 0.273 e. The van der Waals surface area contributed by atoms with Crippen molar-refractivity contribution >= 4 is 34.3 Å². The van der Waals surface area contributed by atoms with Crippen LogP contribution in [0.15, 0.2) is 42.5 Å². The number of amides is 2. The van der Waals surface area contributed by atoms with Crippen molar-refractivity contribution in [1.82, 2.24) is 20.4 Å². The third-order valence-electron chi connectivity index (χ3n) is 5.39. The van der Waals surface area contributed by atoms with Gasteiger partial charge in [-0.25, -0.2) is 0 Å². The molecule has 1 heterocycles. The van der Waals surface area contributed by atoms with Crippen LogP contribution in [0.4, 0.5) is 0 Å². The molecule has 0 saturated carbocycles. The number of aliphatic hydroxyl groups is 1. The Balaban J connectivity index is 1.93. The van der Waals surface area contributed by atoms with E-state index in [4.69, 9.17) is 22.0 Å². The molecule has 0 radical (unpaired) electrons. The maximum Gasteiger partial charge on any atom is 0.273 e. The van der Waals surface area contributed by atoms with Crippen molar-refractivity contribution in [3.05, 3.63) is 64.3 Å². The number of carbonyl (C=O) groups excluding carboxylic acids is 2. The Labute approximate surface area is 203 Å². The Morgan fingerprint density at radius 2 is 1.91 bits per heavy atom. The minimum atomic E-state index is -0.809. The van der Waals surface area contributed by atoms with Crippen molar-refractivity contribution in [2.75, 3.05) is 13.2 Å². The highest BCUT2D eigenvalue weighted by atomic mass is 35.5. The third-order valence-corrected chi connectivity index (χ3v) is 5.69. The summed E-state index contributed by atoms with van der Waals surface area (Å²) in [6.07, 6.45) is 0.430. The molecule has 0 aliphatic rings. The lowest BCUT2D eigenvalue weighted by molar-refractivity contribution is -0.125. The van der Waals surface area contributed by atoms with Crippen LogP contribution in [0, 0.1) is 16.7 Å². The van der Waals surface area contributed by atoms with E-state index in [-0.39, 0.29) is 18.2 Å². The van der Waals surface area contributed by atoms with Crippen LogP contribution in [0.3, 0.4) is 0 Å². The molecule has 178 valence electrons. The molecule has 1 unspecified atom stereocenters. The molecule has 3 N–H and O–H groups in total. The van der Waals surface area contributed by atoms with Crippen LogP contribution in [-0.2, 0) is 11.3 Å². The van der Waals surface area contributed by atoms with Gasteiger partial charge in [0.25, 0.3) is 5.91 Å². The molecule has 0 fully saturated rings. The first kappa shape index (κ1) is 25.2. The average molecular weight is 482 g/mol. The van der Waals surface area contributed by atoms with Crippen LogP contribution in [0.25, 0.3) is 10.9 Å². The van der Waals surface area contributed by atoms with E-state index in [2.05, 4.69) is 21.8 Å². The Hall–Kier alpha value is -3.41. The van der Waals surface area contributed by atoms with Crippen molar-refractivity contribution < 1.29 is 14.7 Å². The summed E-state index contributed by atoms with van der Waals surface area (Å²) in [7, 11) is 0. The predicted octanol–water partition coefficient (Wildman–Crippen LogP) is 3.25. The lowest BCUT2D eigenvalue weighted by Crippen LogP contribution is -2.53. The van der Waals surface area contributed by atoms with Gasteiger partial charge in [-0.2, -0.15) is 10.4 Å². The van der Waals surface area contributed by atoms with Crippen molar-refractivity contribution in [3.8, 4) is 6.07 Å². The number of hydrogen-bond acceptors (Lipinski definition) is 5. The highest BCUT2D eigenvalue weighted by Gasteiger charge is 2.34. The number of rotatable bonds is 8. The number of aromatic nitrogens is 2. The number of nitriles is 1. The SMILES string of the molecule is CC(C)(C)C(NC(=O)c1nn(Cc2ccc(C#N)cc2)c2c(Cl)cccc12)C(=O)NCCCO. The summed E-state index contributed by atoms with van der Waals surface area (Å²) in [6, 6.07) is 13.6. The first-order chi connectivity index (χ1) is 16.2. The van der Waals surface area contributed by atoms with Gasteiger partial charge in [-0.3, -0.25) is 14.3 Å².